The van der Waals surface area contributed by atoms with Gasteiger partial charge in [0.25, 0.3) is 5.91 Å². The summed E-state index contributed by atoms with van der Waals surface area (Å²) in [7, 11) is 1.38. The molecule has 1 aliphatic heterocycles. The molecule has 2 heterocycles. The minimum absolute atomic E-state index is 0.0175. The van der Waals surface area contributed by atoms with Crippen molar-refractivity contribution >= 4 is 17.4 Å². The second-order valence-electron chi connectivity index (χ2n) is 6.76. The van der Waals surface area contributed by atoms with Crippen molar-refractivity contribution in [3.8, 4) is 5.88 Å². The molecule has 4 rings (SSSR count). The van der Waals surface area contributed by atoms with Crippen LogP contribution < -0.4 is 15.4 Å². The van der Waals surface area contributed by atoms with Gasteiger partial charge in [-0.15, -0.1) is 0 Å². The third-order valence-electron chi connectivity index (χ3n) is 4.63. The first-order valence-electron chi connectivity index (χ1n) is 8.55. The lowest BCUT2D eigenvalue weighted by molar-refractivity contribution is 0.0841. The summed E-state index contributed by atoms with van der Waals surface area (Å²) in [5.41, 5.74) is 0.0767. The predicted octanol–water partition coefficient (Wildman–Crippen LogP) is 2.56. The largest absolute Gasteiger partial charge is 0.479 e. The molecule has 1 amide bonds. The molecule has 142 valence electrons. The first-order valence-corrected chi connectivity index (χ1v) is 8.55. The van der Waals surface area contributed by atoms with Crippen LogP contribution in [0.15, 0.2) is 24.4 Å². The highest BCUT2D eigenvalue weighted by Crippen LogP contribution is 2.47. The van der Waals surface area contributed by atoms with Crippen LogP contribution in [0.1, 0.15) is 29.8 Å². The van der Waals surface area contributed by atoms with Crippen molar-refractivity contribution in [3.05, 3.63) is 41.7 Å². The highest BCUT2D eigenvalue weighted by atomic mass is 19.1. The average Bonchev–Trinajstić information content (AvgIpc) is 3.26. The number of nitrogens with zero attached hydrogens (tertiary/aromatic N) is 2. The van der Waals surface area contributed by atoms with Gasteiger partial charge >= 0.3 is 0 Å². The van der Waals surface area contributed by atoms with Crippen LogP contribution in [0.4, 0.5) is 20.3 Å². The number of halogens is 2. The van der Waals surface area contributed by atoms with E-state index < -0.39 is 17.5 Å². The fourth-order valence-electron chi connectivity index (χ4n) is 3.19. The van der Waals surface area contributed by atoms with Gasteiger partial charge in [0.1, 0.15) is 17.5 Å². The number of hydrogen-bond donors (Lipinski definition) is 2. The molecule has 1 atom stereocenters. The van der Waals surface area contributed by atoms with Gasteiger partial charge in [0.15, 0.2) is 5.69 Å². The molecular weight excluding hydrogens is 358 g/mol. The van der Waals surface area contributed by atoms with Crippen molar-refractivity contribution in [2.24, 2.45) is 0 Å². The zero-order valence-electron chi connectivity index (χ0n) is 14.6. The number of carbonyl (C=O) groups excluding carboxylic acids is 1. The highest BCUT2D eigenvalue weighted by Gasteiger charge is 2.50. The SMILES string of the molecule is COc1ncc(Nc2cc(F)cc(F)c2)nc1C(=O)NC1COC2(CC2)C1. The minimum Gasteiger partial charge on any atom is -0.479 e. The quantitative estimate of drug-likeness (QED) is 0.834. The maximum absolute atomic E-state index is 13.3. The van der Waals surface area contributed by atoms with Gasteiger partial charge in [-0.05, 0) is 31.4 Å². The molecule has 1 aliphatic carbocycles. The van der Waals surface area contributed by atoms with E-state index in [1.807, 2.05) is 0 Å². The number of aromatic nitrogens is 2. The molecule has 1 aromatic carbocycles. The van der Waals surface area contributed by atoms with Gasteiger partial charge < -0.3 is 20.1 Å². The first kappa shape index (κ1) is 17.6. The van der Waals surface area contributed by atoms with Crippen molar-refractivity contribution in [1.29, 1.82) is 0 Å². The van der Waals surface area contributed by atoms with Crippen LogP contribution in [0.3, 0.4) is 0 Å². The smallest absolute Gasteiger partial charge is 0.275 e. The molecule has 1 saturated heterocycles. The molecule has 2 aliphatic rings. The molecule has 1 spiro atoms. The fraction of sp³-hybridized carbons (Fsp3) is 0.389. The average molecular weight is 376 g/mol. The second kappa shape index (κ2) is 6.73. The summed E-state index contributed by atoms with van der Waals surface area (Å²) in [4.78, 5) is 20.9. The molecule has 1 unspecified atom stereocenters. The molecule has 1 aromatic heterocycles. The minimum atomic E-state index is -0.729. The molecule has 9 heteroatoms. The van der Waals surface area contributed by atoms with Gasteiger partial charge in [0, 0.05) is 11.8 Å². The lowest BCUT2D eigenvalue weighted by Gasteiger charge is -2.13. The Morgan fingerprint density at radius 1 is 1.30 bits per heavy atom. The van der Waals surface area contributed by atoms with Gasteiger partial charge in [0.05, 0.1) is 31.6 Å². The number of hydrogen-bond acceptors (Lipinski definition) is 6. The van der Waals surface area contributed by atoms with E-state index >= 15 is 0 Å². The highest BCUT2D eigenvalue weighted by molar-refractivity contribution is 5.95. The van der Waals surface area contributed by atoms with E-state index in [1.54, 1.807) is 0 Å². The molecule has 2 N–H and O–H groups in total. The molecule has 7 nitrogen and oxygen atoms in total. The zero-order valence-corrected chi connectivity index (χ0v) is 14.6. The third kappa shape index (κ3) is 3.82. The molecule has 2 fully saturated rings. The molecule has 1 saturated carbocycles. The van der Waals surface area contributed by atoms with Gasteiger partial charge in [0.2, 0.25) is 5.88 Å². The number of anilines is 2. The summed E-state index contributed by atoms with van der Waals surface area (Å²) in [5, 5.41) is 5.62. The van der Waals surface area contributed by atoms with Crippen LogP contribution in [-0.2, 0) is 4.74 Å². The lowest BCUT2D eigenvalue weighted by atomic mass is 10.1. The Morgan fingerprint density at radius 2 is 2.04 bits per heavy atom. The number of carbonyl (C=O) groups is 1. The number of ether oxygens (including phenoxy) is 2. The predicted molar refractivity (Wildman–Crippen MR) is 92.0 cm³/mol. The van der Waals surface area contributed by atoms with E-state index in [0.717, 1.165) is 37.5 Å². The Morgan fingerprint density at radius 3 is 2.67 bits per heavy atom. The van der Waals surface area contributed by atoms with Crippen LogP contribution in [0.5, 0.6) is 5.88 Å². The molecule has 0 radical (unpaired) electrons. The normalized spacial score (nSPS) is 19.7. The fourth-order valence-corrected chi connectivity index (χ4v) is 3.19. The van der Waals surface area contributed by atoms with Crippen LogP contribution in [-0.4, -0.2) is 41.2 Å². The maximum Gasteiger partial charge on any atom is 0.275 e. The Kier molecular flexibility index (Phi) is 4.39. The van der Waals surface area contributed by atoms with E-state index in [-0.39, 0.29) is 34.7 Å². The van der Waals surface area contributed by atoms with E-state index in [2.05, 4.69) is 20.6 Å². The molecular formula is C18H18F2N4O3. The topological polar surface area (TPSA) is 85.4 Å². The zero-order chi connectivity index (χ0) is 19.0. The number of methoxy groups -OCH3 is 1. The molecule has 27 heavy (non-hydrogen) atoms. The van der Waals surface area contributed by atoms with Crippen molar-refractivity contribution in [1.82, 2.24) is 15.3 Å². The summed E-state index contributed by atoms with van der Waals surface area (Å²) < 4.78 is 37.5. The van der Waals surface area contributed by atoms with E-state index in [4.69, 9.17) is 9.47 Å². The Labute approximate surface area is 154 Å². The van der Waals surface area contributed by atoms with Crippen molar-refractivity contribution in [2.45, 2.75) is 30.9 Å². The first-order chi connectivity index (χ1) is 13.0. The number of benzene rings is 1. The third-order valence-corrected chi connectivity index (χ3v) is 4.63. The van der Waals surface area contributed by atoms with Crippen LogP contribution >= 0.6 is 0 Å². The summed E-state index contributed by atoms with van der Waals surface area (Å²) in [6, 6.07) is 2.89. The van der Waals surface area contributed by atoms with Gasteiger partial charge in [-0.25, -0.2) is 18.7 Å². The lowest BCUT2D eigenvalue weighted by Crippen LogP contribution is -2.36. The van der Waals surface area contributed by atoms with Gasteiger partial charge in [-0.1, -0.05) is 0 Å². The van der Waals surface area contributed by atoms with Crippen LogP contribution in [0.25, 0.3) is 0 Å². The van der Waals surface area contributed by atoms with Gasteiger partial charge in [-0.2, -0.15) is 0 Å². The maximum atomic E-state index is 13.3. The summed E-state index contributed by atoms with van der Waals surface area (Å²) in [6.07, 6.45) is 4.13. The number of amides is 1. The number of rotatable bonds is 5. The summed E-state index contributed by atoms with van der Waals surface area (Å²) in [6.45, 7) is 0.460. The van der Waals surface area contributed by atoms with E-state index in [0.29, 0.717) is 6.61 Å². The Bertz CT molecular complexity index is 869. The number of nitrogens with one attached hydrogen (secondary N) is 2. The Balaban J connectivity index is 1.52. The van der Waals surface area contributed by atoms with Gasteiger partial charge in [-0.3, -0.25) is 4.79 Å². The van der Waals surface area contributed by atoms with Crippen molar-refractivity contribution in [2.75, 3.05) is 19.0 Å². The molecule has 2 aromatic rings. The van der Waals surface area contributed by atoms with Crippen LogP contribution in [0.2, 0.25) is 0 Å². The Hall–Kier alpha value is -2.81. The molecule has 0 bridgehead atoms. The van der Waals surface area contributed by atoms with Crippen LogP contribution in [0, 0.1) is 11.6 Å². The second-order valence-corrected chi connectivity index (χ2v) is 6.76. The van der Waals surface area contributed by atoms with E-state index in [9.17, 15) is 13.6 Å². The van der Waals surface area contributed by atoms with E-state index in [1.165, 1.54) is 13.3 Å². The van der Waals surface area contributed by atoms with Crippen molar-refractivity contribution in [3.63, 3.8) is 0 Å². The summed E-state index contributed by atoms with van der Waals surface area (Å²) >= 11 is 0. The summed E-state index contributed by atoms with van der Waals surface area (Å²) in [5.74, 6) is -1.69. The standard InChI is InChI=1S/C18H18F2N4O3/c1-26-17-15(16(25)23-13-7-18(2-3-18)27-9-13)24-14(8-21-17)22-12-5-10(19)4-11(20)6-12/h4-6,8,13H,2-3,7,9H2,1H3,(H,22,24)(H,23,25). The van der Waals surface area contributed by atoms with Crippen molar-refractivity contribution < 1.29 is 23.0 Å². The monoisotopic (exact) mass is 376 g/mol.